The monoisotopic (exact) mass is 421 g/mol. The Morgan fingerprint density at radius 2 is 1.97 bits per heavy atom. The van der Waals surface area contributed by atoms with E-state index in [2.05, 4.69) is 16.4 Å². The van der Waals surface area contributed by atoms with E-state index in [9.17, 15) is 9.59 Å². The lowest BCUT2D eigenvalue weighted by molar-refractivity contribution is -0.134. The van der Waals surface area contributed by atoms with E-state index in [1.807, 2.05) is 36.1 Å². The first-order valence-electron chi connectivity index (χ1n) is 11.3. The van der Waals surface area contributed by atoms with Crippen LogP contribution in [0.2, 0.25) is 0 Å². The van der Waals surface area contributed by atoms with Gasteiger partial charge in [0.15, 0.2) is 0 Å². The molecule has 1 fully saturated rings. The molecule has 31 heavy (non-hydrogen) atoms. The number of piperidine rings is 1. The topological polar surface area (TPSA) is 71.5 Å². The van der Waals surface area contributed by atoms with Crippen LogP contribution in [0.25, 0.3) is 0 Å². The number of para-hydroxylation sites is 1. The van der Waals surface area contributed by atoms with Crippen LogP contribution in [0.3, 0.4) is 0 Å². The van der Waals surface area contributed by atoms with Crippen LogP contribution >= 0.6 is 0 Å². The van der Waals surface area contributed by atoms with Gasteiger partial charge < -0.3 is 15.0 Å². The van der Waals surface area contributed by atoms with Gasteiger partial charge in [-0.3, -0.25) is 14.6 Å². The minimum atomic E-state index is -0.539. The predicted octanol–water partition coefficient (Wildman–Crippen LogP) is 3.53. The number of likely N-dealkylation sites (tertiary alicyclic amines) is 1. The second kappa shape index (κ2) is 9.50. The molecule has 0 bridgehead atoms. The molecular weight excluding hydrogens is 390 g/mol. The summed E-state index contributed by atoms with van der Waals surface area (Å²) in [6, 6.07) is 11.8. The SMILES string of the molecule is Cc1ncccc1C(=O)N1CCCC2(CCCCc3ccccc3OCCNC2=O)C1. The molecule has 164 valence electrons. The van der Waals surface area contributed by atoms with Crippen LogP contribution in [0.15, 0.2) is 42.6 Å². The summed E-state index contributed by atoms with van der Waals surface area (Å²) in [5, 5.41) is 3.09. The number of pyridine rings is 1. The fourth-order valence-corrected chi connectivity index (χ4v) is 4.83. The lowest BCUT2D eigenvalue weighted by Gasteiger charge is -2.42. The van der Waals surface area contributed by atoms with Crippen molar-refractivity contribution in [1.29, 1.82) is 0 Å². The average molecular weight is 422 g/mol. The normalized spacial score (nSPS) is 22.5. The lowest BCUT2D eigenvalue weighted by atomic mass is 9.74. The van der Waals surface area contributed by atoms with Gasteiger partial charge in [0.1, 0.15) is 12.4 Å². The highest BCUT2D eigenvalue weighted by Gasteiger charge is 2.43. The van der Waals surface area contributed by atoms with Crippen LogP contribution in [-0.2, 0) is 11.2 Å². The zero-order chi connectivity index (χ0) is 21.7. The van der Waals surface area contributed by atoms with Crippen molar-refractivity contribution in [2.24, 2.45) is 5.41 Å². The molecular formula is C25H31N3O3. The van der Waals surface area contributed by atoms with E-state index in [0.29, 0.717) is 31.8 Å². The van der Waals surface area contributed by atoms with Gasteiger partial charge in [0, 0.05) is 25.0 Å². The minimum absolute atomic E-state index is 0.0270. The molecule has 1 saturated heterocycles. The van der Waals surface area contributed by atoms with E-state index in [-0.39, 0.29) is 11.8 Å². The summed E-state index contributed by atoms with van der Waals surface area (Å²) in [5.74, 6) is 0.930. The summed E-state index contributed by atoms with van der Waals surface area (Å²) in [6.45, 7) is 3.90. The van der Waals surface area contributed by atoms with Gasteiger partial charge in [0.2, 0.25) is 5.91 Å². The summed E-state index contributed by atoms with van der Waals surface area (Å²) in [4.78, 5) is 32.6. The zero-order valence-corrected chi connectivity index (χ0v) is 18.2. The second-order valence-corrected chi connectivity index (χ2v) is 8.67. The fourth-order valence-electron chi connectivity index (χ4n) is 4.83. The standard InChI is InChI=1S/C25H31N3O3/c1-19-21(10-6-14-26-19)23(29)28-16-7-13-25(18-28)12-5-4-9-20-8-2-3-11-22(20)31-17-15-27-24(25)30/h2-3,6,8,10-11,14H,4-5,7,9,12-13,15-18H2,1H3,(H,27,30). The largest absolute Gasteiger partial charge is 0.491 e. The van der Waals surface area contributed by atoms with Crippen molar-refractivity contribution < 1.29 is 14.3 Å². The maximum Gasteiger partial charge on any atom is 0.255 e. The van der Waals surface area contributed by atoms with Crippen molar-refractivity contribution in [2.75, 3.05) is 26.2 Å². The molecule has 2 aliphatic rings. The number of ether oxygens (including phenoxy) is 1. The molecule has 0 radical (unpaired) electrons. The number of hydrogen-bond acceptors (Lipinski definition) is 4. The van der Waals surface area contributed by atoms with E-state index >= 15 is 0 Å². The zero-order valence-electron chi connectivity index (χ0n) is 18.2. The van der Waals surface area contributed by atoms with Crippen molar-refractivity contribution >= 4 is 11.8 Å². The van der Waals surface area contributed by atoms with E-state index in [0.717, 1.165) is 50.0 Å². The summed E-state index contributed by atoms with van der Waals surface area (Å²) >= 11 is 0. The maximum atomic E-state index is 13.3. The van der Waals surface area contributed by atoms with Crippen LogP contribution in [0.5, 0.6) is 5.75 Å². The Morgan fingerprint density at radius 1 is 1.13 bits per heavy atom. The lowest BCUT2D eigenvalue weighted by Crippen LogP contribution is -2.54. The van der Waals surface area contributed by atoms with E-state index in [4.69, 9.17) is 4.74 Å². The third-order valence-electron chi connectivity index (χ3n) is 6.55. The van der Waals surface area contributed by atoms with Crippen molar-refractivity contribution in [3.63, 3.8) is 0 Å². The molecule has 3 heterocycles. The maximum absolute atomic E-state index is 13.3. The van der Waals surface area contributed by atoms with E-state index < -0.39 is 5.41 Å². The molecule has 1 aromatic heterocycles. The molecule has 0 aliphatic carbocycles. The van der Waals surface area contributed by atoms with Gasteiger partial charge in [-0.25, -0.2) is 0 Å². The van der Waals surface area contributed by atoms with Gasteiger partial charge in [-0.2, -0.15) is 0 Å². The quantitative estimate of drug-likeness (QED) is 0.765. The highest BCUT2D eigenvalue weighted by atomic mass is 16.5. The van der Waals surface area contributed by atoms with Crippen LogP contribution in [0, 0.1) is 12.3 Å². The fraction of sp³-hybridized carbons (Fsp3) is 0.480. The van der Waals surface area contributed by atoms with E-state index in [1.165, 1.54) is 5.56 Å². The number of hydrogen-bond donors (Lipinski definition) is 1. The molecule has 1 atom stereocenters. The van der Waals surface area contributed by atoms with Crippen molar-refractivity contribution in [1.82, 2.24) is 15.2 Å². The molecule has 1 N–H and O–H groups in total. The molecule has 0 saturated carbocycles. The van der Waals surface area contributed by atoms with Gasteiger partial charge in [-0.15, -0.1) is 0 Å². The number of rotatable bonds is 1. The Balaban J connectivity index is 1.51. The van der Waals surface area contributed by atoms with Gasteiger partial charge in [0.05, 0.1) is 17.5 Å². The Bertz CT molecular complexity index is 945. The number of amides is 2. The summed E-state index contributed by atoms with van der Waals surface area (Å²) in [7, 11) is 0. The molecule has 2 aromatic rings. The number of aryl methyl sites for hydroxylation is 2. The Labute approximate surface area is 184 Å². The van der Waals surface area contributed by atoms with Crippen LogP contribution < -0.4 is 10.1 Å². The Kier molecular flexibility index (Phi) is 6.54. The first-order chi connectivity index (χ1) is 15.1. The van der Waals surface area contributed by atoms with Crippen molar-refractivity contribution in [3.05, 3.63) is 59.4 Å². The van der Waals surface area contributed by atoms with Crippen LogP contribution in [0.4, 0.5) is 0 Å². The third-order valence-corrected chi connectivity index (χ3v) is 6.55. The predicted molar refractivity (Wildman–Crippen MR) is 119 cm³/mol. The third kappa shape index (κ3) is 4.73. The minimum Gasteiger partial charge on any atom is -0.491 e. The van der Waals surface area contributed by atoms with Gasteiger partial charge in [-0.1, -0.05) is 24.6 Å². The molecule has 6 nitrogen and oxygen atoms in total. The number of aromatic nitrogens is 1. The van der Waals surface area contributed by atoms with Crippen LogP contribution in [0.1, 0.15) is 53.7 Å². The number of fused-ring (bicyclic) bond motifs is 1. The van der Waals surface area contributed by atoms with Gasteiger partial charge in [0.25, 0.3) is 5.91 Å². The molecule has 6 heteroatoms. The first kappa shape index (κ1) is 21.3. The Hall–Kier alpha value is -2.89. The summed E-state index contributed by atoms with van der Waals surface area (Å²) in [6.07, 6.45) is 7.00. The van der Waals surface area contributed by atoms with Gasteiger partial charge >= 0.3 is 0 Å². The Morgan fingerprint density at radius 3 is 2.84 bits per heavy atom. The average Bonchev–Trinajstić information content (AvgIpc) is 2.79. The van der Waals surface area contributed by atoms with Gasteiger partial charge in [-0.05, 0) is 62.8 Å². The number of nitrogens with one attached hydrogen (secondary N) is 1. The molecule has 1 spiro atoms. The molecule has 2 aliphatic heterocycles. The number of nitrogens with zero attached hydrogens (tertiary/aromatic N) is 2. The first-order valence-corrected chi connectivity index (χ1v) is 11.3. The smallest absolute Gasteiger partial charge is 0.255 e. The summed E-state index contributed by atoms with van der Waals surface area (Å²) in [5.41, 5.74) is 2.03. The number of carbonyl (C=O) groups excluding carboxylic acids is 2. The van der Waals surface area contributed by atoms with Crippen LogP contribution in [-0.4, -0.2) is 47.9 Å². The van der Waals surface area contributed by atoms with E-state index in [1.54, 1.807) is 12.3 Å². The van der Waals surface area contributed by atoms with Crippen molar-refractivity contribution in [2.45, 2.75) is 45.4 Å². The highest BCUT2D eigenvalue weighted by molar-refractivity contribution is 5.96. The molecule has 1 unspecified atom stereocenters. The summed E-state index contributed by atoms with van der Waals surface area (Å²) < 4.78 is 5.93. The molecule has 1 aromatic carbocycles. The molecule has 4 rings (SSSR count). The highest BCUT2D eigenvalue weighted by Crippen LogP contribution is 2.37. The second-order valence-electron chi connectivity index (χ2n) is 8.67. The number of benzene rings is 1. The van der Waals surface area contributed by atoms with Crippen molar-refractivity contribution in [3.8, 4) is 5.75 Å². The number of carbonyl (C=O) groups is 2. The molecule has 2 amide bonds.